The summed E-state index contributed by atoms with van der Waals surface area (Å²) in [7, 11) is 0. The molecule has 1 aromatic carbocycles. The number of hydrogen-bond acceptors (Lipinski definition) is 2. The lowest BCUT2D eigenvalue weighted by Crippen LogP contribution is -2.15. The summed E-state index contributed by atoms with van der Waals surface area (Å²) in [5.74, 6) is -0.242. The quantitative estimate of drug-likeness (QED) is 0.714. The van der Waals surface area contributed by atoms with E-state index in [1.807, 2.05) is 0 Å². The molecule has 0 aliphatic heterocycles. The third-order valence-corrected chi connectivity index (χ3v) is 5.29. The number of nitrogens with one attached hydrogen (secondary N) is 1. The fraction of sp³-hybridized carbons (Fsp3) is 0.286. The predicted octanol–water partition coefficient (Wildman–Crippen LogP) is 5.79. The molecule has 0 saturated heterocycles. The number of fused-ring (bicyclic) bond motifs is 1. The third kappa shape index (κ3) is 2.81. The summed E-state index contributed by atoms with van der Waals surface area (Å²) in [5.41, 5.74) is 2.22. The number of aryl methyl sites for hydroxylation is 1. The van der Waals surface area contributed by atoms with Crippen molar-refractivity contribution in [1.29, 1.82) is 0 Å². The van der Waals surface area contributed by atoms with Crippen LogP contribution in [0.1, 0.15) is 29.3 Å². The Balaban J connectivity index is 1.86. The van der Waals surface area contributed by atoms with Gasteiger partial charge in [0.2, 0.25) is 0 Å². The lowest BCUT2D eigenvalue weighted by atomic mass is 9.94. The van der Waals surface area contributed by atoms with Crippen LogP contribution in [0.3, 0.4) is 0 Å². The first-order valence-electron chi connectivity index (χ1n) is 6.13. The van der Waals surface area contributed by atoms with Gasteiger partial charge in [-0.05, 0) is 65.0 Å². The Morgan fingerprint density at radius 1 is 1.37 bits per heavy atom. The molecule has 1 atom stereocenters. The molecule has 0 bridgehead atoms. The van der Waals surface area contributed by atoms with Gasteiger partial charge >= 0.3 is 0 Å². The molecular formula is C14H12BrClFNS. The summed E-state index contributed by atoms with van der Waals surface area (Å²) < 4.78 is 14.6. The summed E-state index contributed by atoms with van der Waals surface area (Å²) in [5, 5.41) is 3.47. The van der Waals surface area contributed by atoms with E-state index in [4.69, 9.17) is 11.6 Å². The Labute approximate surface area is 128 Å². The van der Waals surface area contributed by atoms with E-state index in [2.05, 4.69) is 27.3 Å². The number of hydrogen-bond donors (Lipinski definition) is 1. The van der Waals surface area contributed by atoms with Gasteiger partial charge in [-0.3, -0.25) is 0 Å². The van der Waals surface area contributed by atoms with Crippen molar-refractivity contribution in [2.24, 2.45) is 0 Å². The second-order valence-corrected chi connectivity index (χ2v) is 7.27. The maximum Gasteiger partial charge on any atom is 0.137 e. The van der Waals surface area contributed by atoms with Crippen molar-refractivity contribution >= 4 is 44.6 Å². The number of anilines is 1. The van der Waals surface area contributed by atoms with Crippen LogP contribution in [0.4, 0.5) is 10.1 Å². The predicted molar refractivity (Wildman–Crippen MR) is 82.7 cm³/mol. The minimum absolute atomic E-state index is 0.242. The van der Waals surface area contributed by atoms with Crippen molar-refractivity contribution in [3.63, 3.8) is 0 Å². The molecule has 1 unspecified atom stereocenters. The molecule has 19 heavy (non-hydrogen) atoms. The van der Waals surface area contributed by atoms with Crippen LogP contribution in [0.15, 0.2) is 28.7 Å². The fourth-order valence-electron chi connectivity index (χ4n) is 2.46. The van der Waals surface area contributed by atoms with Crippen LogP contribution in [0, 0.1) is 5.82 Å². The highest BCUT2D eigenvalue weighted by molar-refractivity contribution is 9.10. The number of thiophene rings is 1. The lowest BCUT2D eigenvalue weighted by Gasteiger charge is -2.24. The van der Waals surface area contributed by atoms with Crippen molar-refractivity contribution in [1.82, 2.24) is 0 Å². The second-order valence-electron chi connectivity index (χ2n) is 4.65. The Morgan fingerprint density at radius 2 is 2.21 bits per heavy atom. The molecule has 5 heteroatoms. The number of rotatable bonds is 2. The first-order chi connectivity index (χ1) is 9.13. The number of halogens is 3. The first kappa shape index (κ1) is 13.4. The molecule has 1 heterocycles. The van der Waals surface area contributed by atoms with E-state index >= 15 is 0 Å². The second kappa shape index (κ2) is 5.43. The summed E-state index contributed by atoms with van der Waals surface area (Å²) in [4.78, 5) is 1.37. The van der Waals surface area contributed by atoms with E-state index in [9.17, 15) is 4.39 Å². The van der Waals surface area contributed by atoms with E-state index in [0.29, 0.717) is 4.47 Å². The molecule has 1 nitrogen and oxygen atoms in total. The molecule has 0 fully saturated rings. The first-order valence-corrected chi connectivity index (χ1v) is 8.12. The van der Waals surface area contributed by atoms with E-state index in [1.165, 1.54) is 16.5 Å². The SMILES string of the molecule is Fc1ccc(NC2CCCc3sc(Cl)cc32)cc1Br. The zero-order chi connectivity index (χ0) is 13.4. The van der Waals surface area contributed by atoms with E-state index in [1.54, 1.807) is 23.5 Å². The Morgan fingerprint density at radius 3 is 3.00 bits per heavy atom. The van der Waals surface area contributed by atoms with Crippen LogP contribution in [0.2, 0.25) is 4.34 Å². The molecule has 0 saturated carbocycles. The monoisotopic (exact) mass is 359 g/mol. The van der Waals surface area contributed by atoms with Crippen LogP contribution in [-0.4, -0.2) is 0 Å². The highest BCUT2D eigenvalue weighted by Gasteiger charge is 2.22. The van der Waals surface area contributed by atoms with Crippen molar-refractivity contribution in [2.45, 2.75) is 25.3 Å². The van der Waals surface area contributed by atoms with Crippen LogP contribution in [0.5, 0.6) is 0 Å². The largest absolute Gasteiger partial charge is 0.378 e. The van der Waals surface area contributed by atoms with Gasteiger partial charge in [-0.25, -0.2) is 4.39 Å². The minimum Gasteiger partial charge on any atom is -0.378 e. The molecular weight excluding hydrogens is 349 g/mol. The van der Waals surface area contributed by atoms with Crippen LogP contribution >= 0.6 is 38.9 Å². The average molecular weight is 361 g/mol. The molecule has 100 valence electrons. The van der Waals surface area contributed by atoms with E-state index in [-0.39, 0.29) is 11.9 Å². The maximum absolute atomic E-state index is 13.2. The molecule has 1 aliphatic rings. The molecule has 0 radical (unpaired) electrons. The van der Waals surface area contributed by atoms with Gasteiger partial charge in [0.15, 0.2) is 0 Å². The summed E-state index contributed by atoms with van der Waals surface area (Å²) >= 11 is 11.0. The zero-order valence-corrected chi connectivity index (χ0v) is 13.2. The summed E-state index contributed by atoms with van der Waals surface area (Å²) in [6.07, 6.45) is 3.34. The van der Waals surface area contributed by atoms with Gasteiger partial charge in [-0.2, -0.15) is 0 Å². The molecule has 0 amide bonds. The van der Waals surface area contributed by atoms with Gasteiger partial charge in [0.25, 0.3) is 0 Å². The normalized spacial score (nSPS) is 18.2. The third-order valence-electron chi connectivity index (χ3n) is 3.34. The lowest BCUT2D eigenvalue weighted by molar-refractivity contribution is 0.606. The minimum atomic E-state index is -0.242. The van der Waals surface area contributed by atoms with Gasteiger partial charge in [-0.1, -0.05) is 11.6 Å². The van der Waals surface area contributed by atoms with Crippen LogP contribution in [0.25, 0.3) is 0 Å². The summed E-state index contributed by atoms with van der Waals surface area (Å²) in [6, 6.07) is 7.33. The van der Waals surface area contributed by atoms with E-state index in [0.717, 1.165) is 29.3 Å². The standard InChI is InChI=1S/C14H12BrClFNS/c15-10-6-8(4-5-11(10)17)18-12-2-1-3-13-9(12)7-14(16)19-13/h4-7,12,18H,1-3H2. The molecule has 3 rings (SSSR count). The van der Waals surface area contributed by atoms with Crippen molar-refractivity contribution in [3.8, 4) is 0 Å². The van der Waals surface area contributed by atoms with Gasteiger partial charge < -0.3 is 5.32 Å². The number of benzene rings is 1. The Hall–Kier alpha value is -0.580. The molecule has 0 spiro atoms. The molecule has 1 aliphatic carbocycles. The zero-order valence-electron chi connectivity index (χ0n) is 10.1. The van der Waals surface area contributed by atoms with Gasteiger partial charge in [0.05, 0.1) is 14.9 Å². The molecule has 1 N–H and O–H groups in total. The van der Waals surface area contributed by atoms with Gasteiger partial charge in [-0.15, -0.1) is 11.3 Å². The summed E-state index contributed by atoms with van der Waals surface area (Å²) in [6.45, 7) is 0. The molecule has 2 aromatic rings. The van der Waals surface area contributed by atoms with E-state index < -0.39 is 0 Å². The Bertz CT molecular complexity index is 613. The van der Waals surface area contributed by atoms with Gasteiger partial charge in [0, 0.05) is 10.6 Å². The smallest absolute Gasteiger partial charge is 0.137 e. The van der Waals surface area contributed by atoms with Crippen molar-refractivity contribution in [2.75, 3.05) is 5.32 Å². The topological polar surface area (TPSA) is 12.0 Å². The van der Waals surface area contributed by atoms with Crippen molar-refractivity contribution < 1.29 is 4.39 Å². The highest BCUT2D eigenvalue weighted by Crippen LogP contribution is 2.39. The van der Waals surface area contributed by atoms with Gasteiger partial charge in [0.1, 0.15) is 5.82 Å². The fourth-order valence-corrected chi connectivity index (χ4v) is 4.22. The van der Waals surface area contributed by atoms with Crippen LogP contribution < -0.4 is 5.32 Å². The molecule has 1 aromatic heterocycles. The average Bonchev–Trinajstić information content (AvgIpc) is 2.75. The van der Waals surface area contributed by atoms with Crippen molar-refractivity contribution in [3.05, 3.63) is 49.3 Å². The van der Waals surface area contributed by atoms with Crippen LogP contribution in [-0.2, 0) is 6.42 Å². The maximum atomic E-state index is 13.2. The Kier molecular flexibility index (Phi) is 3.83. The highest BCUT2D eigenvalue weighted by atomic mass is 79.9.